The highest BCUT2D eigenvalue weighted by Gasteiger charge is 2.69. The van der Waals surface area contributed by atoms with Gasteiger partial charge in [-0.3, -0.25) is 4.79 Å². The predicted octanol–water partition coefficient (Wildman–Crippen LogP) is 7.98. The van der Waals surface area contributed by atoms with Gasteiger partial charge < -0.3 is 4.74 Å². The van der Waals surface area contributed by atoms with Gasteiger partial charge in [-0.25, -0.2) is 0 Å². The van der Waals surface area contributed by atoms with E-state index in [9.17, 15) is 4.79 Å². The summed E-state index contributed by atoms with van der Waals surface area (Å²) < 4.78 is 6.92. The number of carbonyl (C=O) groups is 1. The monoisotopic (exact) mass is 442 g/mol. The summed E-state index contributed by atoms with van der Waals surface area (Å²) in [5.41, 5.74) is 1.07. The molecule has 5 rings (SSSR count). The van der Waals surface area contributed by atoms with Crippen molar-refractivity contribution in [2.24, 2.45) is 45.3 Å². The molecule has 0 unspecified atom stereocenters. The van der Waals surface area contributed by atoms with Crippen molar-refractivity contribution in [3.05, 3.63) is 0 Å². The maximum absolute atomic E-state index is 12.9. The summed E-state index contributed by atoms with van der Waals surface area (Å²) in [4.78, 5) is 12.9. The van der Waals surface area contributed by atoms with E-state index in [1.807, 2.05) is 0 Å². The second-order valence-electron chi connectivity index (χ2n) is 15.0. The number of Topliss-reactive ketones (excluding diaryl/α,β-unsaturated/α-hetero) is 1. The van der Waals surface area contributed by atoms with Gasteiger partial charge in [0.05, 0.1) is 11.2 Å². The number of hydrogen-bond donors (Lipinski definition) is 0. The first-order valence-corrected chi connectivity index (χ1v) is 13.9. The average Bonchev–Trinajstić information content (AvgIpc) is 3.03. The molecule has 5 aliphatic rings. The van der Waals surface area contributed by atoms with Gasteiger partial charge in [-0.1, -0.05) is 34.6 Å². The fourth-order valence-corrected chi connectivity index (χ4v) is 11.1. The van der Waals surface area contributed by atoms with Gasteiger partial charge in [0.25, 0.3) is 0 Å². The lowest BCUT2D eigenvalue weighted by Crippen LogP contribution is -2.63. The number of fused-ring (bicyclic) bond motifs is 5. The van der Waals surface area contributed by atoms with Crippen molar-refractivity contribution >= 4 is 5.78 Å². The van der Waals surface area contributed by atoms with Crippen LogP contribution in [-0.2, 0) is 9.53 Å². The summed E-state index contributed by atoms with van der Waals surface area (Å²) in [6, 6.07) is 0. The lowest BCUT2D eigenvalue weighted by molar-refractivity contribution is -0.226. The Hall–Kier alpha value is -0.370. The number of hydrogen-bond acceptors (Lipinski definition) is 2. The SMILES string of the molecule is CC1(C)CCC[C@@](C)([C@H]2CC[C@]3(C)[C@@H]2CC[C@@H]2[C@@]4(C)CCC(=O)C(C)(C)[C@@H]4CC[C@]23C)O1. The molecule has 182 valence electrons. The van der Waals surface area contributed by atoms with E-state index in [2.05, 4.69) is 55.4 Å². The molecular weight excluding hydrogens is 392 g/mol. The Labute approximate surface area is 198 Å². The molecule has 32 heavy (non-hydrogen) atoms. The quantitative estimate of drug-likeness (QED) is 0.411. The molecule has 0 bridgehead atoms. The van der Waals surface area contributed by atoms with E-state index in [1.165, 1.54) is 57.8 Å². The van der Waals surface area contributed by atoms with Crippen LogP contribution in [0.2, 0.25) is 0 Å². The molecule has 0 N–H and O–H groups in total. The van der Waals surface area contributed by atoms with Crippen molar-refractivity contribution in [1.82, 2.24) is 0 Å². The van der Waals surface area contributed by atoms with Crippen LogP contribution in [0.1, 0.15) is 126 Å². The van der Waals surface area contributed by atoms with Crippen LogP contribution in [0.15, 0.2) is 0 Å². The average molecular weight is 443 g/mol. The Kier molecular flexibility index (Phi) is 5.01. The molecule has 0 spiro atoms. The molecule has 0 radical (unpaired) electrons. The molecule has 8 atom stereocenters. The summed E-state index contributed by atoms with van der Waals surface area (Å²) in [5, 5.41) is 0. The minimum absolute atomic E-state index is 0.0266. The Bertz CT molecular complexity index is 797. The van der Waals surface area contributed by atoms with E-state index >= 15 is 0 Å². The van der Waals surface area contributed by atoms with Gasteiger partial charge in [-0.2, -0.15) is 0 Å². The van der Waals surface area contributed by atoms with Crippen molar-refractivity contribution in [3.8, 4) is 0 Å². The molecule has 0 aromatic rings. The summed E-state index contributed by atoms with van der Waals surface area (Å²) in [6.07, 6.45) is 13.7. The van der Waals surface area contributed by atoms with Crippen molar-refractivity contribution in [3.63, 3.8) is 0 Å². The molecule has 1 aliphatic heterocycles. The minimum Gasteiger partial charge on any atom is -0.369 e. The molecule has 5 fully saturated rings. The summed E-state index contributed by atoms with van der Waals surface area (Å²) in [7, 11) is 0. The minimum atomic E-state index is -0.140. The third-order valence-corrected chi connectivity index (χ3v) is 12.9. The molecule has 2 nitrogen and oxygen atoms in total. The third kappa shape index (κ3) is 2.89. The van der Waals surface area contributed by atoms with Gasteiger partial charge in [-0.05, 0) is 125 Å². The topological polar surface area (TPSA) is 26.3 Å². The number of ether oxygens (including phenoxy) is 1. The van der Waals surface area contributed by atoms with E-state index in [0.717, 1.165) is 24.7 Å². The van der Waals surface area contributed by atoms with E-state index in [4.69, 9.17) is 4.74 Å². The largest absolute Gasteiger partial charge is 0.369 e. The molecular formula is C30H50O2. The zero-order valence-electron chi connectivity index (χ0n) is 22.4. The molecule has 1 heterocycles. The number of rotatable bonds is 1. The summed E-state index contributed by atoms with van der Waals surface area (Å²) >= 11 is 0. The van der Waals surface area contributed by atoms with Gasteiger partial charge in [0.1, 0.15) is 5.78 Å². The van der Waals surface area contributed by atoms with E-state index in [0.29, 0.717) is 33.9 Å². The highest BCUT2D eigenvalue weighted by Crippen LogP contribution is 2.75. The molecule has 4 saturated carbocycles. The Morgan fingerprint density at radius 2 is 1.38 bits per heavy atom. The maximum Gasteiger partial charge on any atom is 0.138 e. The van der Waals surface area contributed by atoms with Crippen molar-refractivity contribution in [2.45, 2.75) is 137 Å². The standard InChI is InChI=1S/C30H50O2/c1-25(2)15-9-16-30(8,32-25)21-12-18-28(6)20(21)10-11-23-27(5)17-14-24(31)26(3,4)22(27)13-19-29(23,28)7/h20-23H,9-19H2,1-8H3/t20-,21+,22+,23-,27+,28-,29-,30+/m1/s1. The highest BCUT2D eigenvalue weighted by molar-refractivity contribution is 5.85. The fourth-order valence-electron chi connectivity index (χ4n) is 11.1. The van der Waals surface area contributed by atoms with E-state index in [1.54, 1.807) is 0 Å². The van der Waals surface area contributed by atoms with Gasteiger partial charge >= 0.3 is 0 Å². The first-order chi connectivity index (χ1) is 14.7. The normalized spacial score (nSPS) is 54.4. The van der Waals surface area contributed by atoms with Gasteiger partial charge in [0.2, 0.25) is 0 Å². The van der Waals surface area contributed by atoms with Crippen molar-refractivity contribution in [2.75, 3.05) is 0 Å². The lowest BCUT2D eigenvalue weighted by atomic mass is 9.35. The Morgan fingerprint density at radius 3 is 2.06 bits per heavy atom. The zero-order chi connectivity index (χ0) is 23.4. The predicted molar refractivity (Wildman–Crippen MR) is 131 cm³/mol. The molecule has 0 aromatic carbocycles. The fraction of sp³-hybridized carbons (Fsp3) is 0.967. The summed E-state index contributed by atoms with van der Waals surface area (Å²) in [6.45, 7) is 19.6. The zero-order valence-corrected chi connectivity index (χ0v) is 22.4. The van der Waals surface area contributed by atoms with Crippen LogP contribution in [0.4, 0.5) is 0 Å². The molecule has 2 heteroatoms. The smallest absolute Gasteiger partial charge is 0.138 e. The molecule has 0 aromatic heterocycles. The molecule has 4 aliphatic carbocycles. The van der Waals surface area contributed by atoms with Crippen LogP contribution in [0, 0.1) is 45.3 Å². The van der Waals surface area contributed by atoms with Crippen LogP contribution < -0.4 is 0 Å². The van der Waals surface area contributed by atoms with Crippen LogP contribution in [0.3, 0.4) is 0 Å². The van der Waals surface area contributed by atoms with E-state index < -0.39 is 0 Å². The highest BCUT2D eigenvalue weighted by atomic mass is 16.5. The summed E-state index contributed by atoms with van der Waals surface area (Å²) in [5.74, 6) is 3.35. The second-order valence-corrected chi connectivity index (χ2v) is 15.0. The molecule has 1 saturated heterocycles. The van der Waals surface area contributed by atoms with Crippen LogP contribution in [-0.4, -0.2) is 17.0 Å². The first kappa shape index (κ1) is 23.4. The van der Waals surface area contributed by atoms with E-state index in [-0.39, 0.29) is 16.6 Å². The number of carbonyl (C=O) groups excluding carboxylic acids is 1. The maximum atomic E-state index is 12.9. The molecule has 0 amide bonds. The Morgan fingerprint density at radius 1 is 0.688 bits per heavy atom. The first-order valence-electron chi connectivity index (χ1n) is 13.9. The van der Waals surface area contributed by atoms with Gasteiger partial charge in [0, 0.05) is 11.8 Å². The van der Waals surface area contributed by atoms with Crippen LogP contribution in [0.5, 0.6) is 0 Å². The lowest BCUT2D eigenvalue weighted by Gasteiger charge is -2.69. The van der Waals surface area contributed by atoms with Crippen LogP contribution >= 0.6 is 0 Å². The van der Waals surface area contributed by atoms with Gasteiger partial charge in [-0.15, -0.1) is 0 Å². The van der Waals surface area contributed by atoms with Crippen molar-refractivity contribution in [1.29, 1.82) is 0 Å². The van der Waals surface area contributed by atoms with Crippen molar-refractivity contribution < 1.29 is 9.53 Å². The van der Waals surface area contributed by atoms with Gasteiger partial charge in [0.15, 0.2) is 0 Å². The Balaban J connectivity index is 1.48. The number of ketones is 1. The third-order valence-electron chi connectivity index (χ3n) is 12.9. The van der Waals surface area contributed by atoms with Crippen LogP contribution in [0.25, 0.3) is 0 Å². The second kappa shape index (κ2) is 6.86.